The Kier molecular flexibility index (Phi) is 5.68. The largest absolute Gasteiger partial charge is 0.504 e. The first kappa shape index (κ1) is 15.1. The van der Waals surface area contributed by atoms with E-state index in [4.69, 9.17) is 4.74 Å². The van der Waals surface area contributed by atoms with Gasteiger partial charge in [0.15, 0.2) is 11.5 Å². The van der Waals surface area contributed by atoms with Crippen LogP contribution in [0.4, 0.5) is 0 Å². The van der Waals surface area contributed by atoms with Crippen molar-refractivity contribution in [2.45, 2.75) is 39.3 Å². The number of nitrogens with zero attached hydrogens (tertiary/aromatic N) is 1. The molecule has 4 nitrogen and oxygen atoms in total. The summed E-state index contributed by atoms with van der Waals surface area (Å²) in [6.07, 6.45) is 2.38. The van der Waals surface area contributed by atoms with E-state index < -0.39 is 0 Å². The van der Waals surface area contributed by atoms with Crippen LogP contribution in [0.2, 0.25) is 0 Å². The fourth-order valence-electron chi connectivity index (χ4n) is 2.79. The molecule has 0 saturated carbocycles. The van der Waals surface area contributed by atoms with Crippen LogP contribution in [-0.4, -0.2) is 42.3 Å². The van der Waals surface area contributed by atoms with Crippen molar-refractivity contribution in [2.24, 2.45) is 0 Å². The molecular weight excluding hydrogens is 252 g/mol. The predicted octanol–water partition coefficient (Wildman–Crippen LogP) is 2.36. The average molecular weight is 278 g/mol. The second-order valence-corrected chi connectivity index (χ2v) is 5.35. The summed E-state index contributed by atoms with van der Waals surface area (Å²) in [7, 11) is 0. The van der Waals surface area contributed by atoms with Crippen LogP contribution in [0.1, 0.15) is 32.3 Å². The highest BCUT2D eigenvalue weighted by Crippen LogP contribution is 2.27. The maximum absolute atomic E-state index is 9.77. The van der Waals surface area contributed by atoms with Crippen molar-refractivity contribution < 1.29 is 9.84 Å². The van der Waals surface area contributed by atoms with E-state index >= 15 is 0 Å². The Bertz CT molecular complexity index is 417. The smallest absolute Gasteiger partial charge is 0.161 e. The fraction of sp³-hybridized carbons (Fsp3) is 0.625. The maximum Gasteiger partial charge on any atom is 0.161 e. The van der Waals surface area contributed by atoms with Gasteiger partial charge in [0.1, 0.15) is 0 Å². The topological polar surface area (TPSA) is 44.7 Å². The van der Waals surface area contributed by atoms with Crippen molar-refractivity contribution in [3.05, 3.63) is 23.8 Å². The molecule has 20 heavy (non-hydrogen) atoms. The monoisotopic (exact) mass is 278 g/mol. The number of phenolic OH excluding ortho intramolecular Hbond substituents is 1. The summed E-state index contributed by atoms with van der Waals surface area (Å²) < 4.78 is 5.46. The van der Waals surface area contributed by atoms with Crippen LogP contribution in [0.15, 0.2) is 18.2 Å². The van der Waals surface area contributed by atoms with E-state index in [9.17, 15) is 5.11 Å². The molecule has 112 valence electrons. The number of phenols is 1. The van der Waals surface area contributed by atoms with E-state index in [0.717, 1.165) is 32.6 Å². The summed E-state index contributed by atoms with van der Waals surface area (Å²) in [5, 5.41) is 13.2. The molecule has 0 amide bonds. The van der Waals surface area contributed by atoms with E-state index in [0.29, 0.717) is 18.4 Å². The highest BCUT2D eigenvalue weighted by Gasteiger charge is 2.21. The van der Waals surface area contributed by atoms with Gasteiger partial charge in [-0.1, -0.05) is 13.0 Å². The molecule has 1 heterocycles. The SMILES string of the molecule is CCCN(Cc1ccc(O)c(OCC)c1)C1CCNC1. The Morgan fingerprint density at radius 1 is 1.40 bits per heavy atom. The van der Waals surface area contributed by atoms with Crippen molar-refractivity contribution in [3.8, 4) is 11.5 Å². The first-order valence-corrected chi connectivity index (χ1v) is 7.64. The van der Waals surface area contributed by atoms with Crippen molar-refractivity contribution in [1.29, 1.82) is 0 Å². The number of hydrogen-bond acceptors (Lipinski definition) is 4. The van der Waals surface area contributed by atoms with Crippen LogP contribution in [0.3, 0.4) is 0 Å². The minimum atomic E-state index is 0.222. The van der Waals surface area contributed by atoms with Gasteiger partial charge < -0.3 is 15.2 Å². The molecule has 1 saturated heterocycles. The molecule has 0 bridgehead atoms. The molecule has 0 aromatic heterocycles. The van der Waals surface area contributed by atoms with Gasteiger partial charge in [0.2, 0.25) is 0 Å². The van der Waals surface area contributed by atoms with Gasteiger partial charge in [-0.2, -0.15) is 0 Å². The molecule has 1 aromatic rings. The summed E-state index contributed by atoms with van der Waals surface area (Å²) in [5.41, 5.74) is 1.20. The molecule has 1 aliphatic heterocycles. The fourth-order valence-corrected chi connectivity index (χ4v) is 2.79. The number of aromatic hydroxyl groups is 1. The Labute approximate surface area is 121 Å². The molecule has 0 radical (unpaired) electrons. The van der Waals surface area contributed by atoms with Crippen molar-refractivity contribution in [1.82, 2.24) is 10.2 Å². The molecule has 1 aromatic carbocycles. The van der Waals surface area contributed by atoms with Gasteiger partial charge in [0.05, 0.1) is 6.61 Å². The van der Waals surface area contributed by atoms with Crippen LogP contribution in [-0.2, 0) is 6.54 Å². The Balaban J connectivity index is 2.07. The Hall–Kier alpha value is -1.26. The van der Waals surface area contributed by atoms with Gasteiger partial charge in [-0.25, -0.2) is 0 Å². The zero-order valence-electron chi connectivity index (χ0n) is 12.6. The molecule has 0 aliphatic carbocycles. The van der Waals surface area contributed by atoms with E-state index in [2.05, 4.69) is 17.1 Å². The van der Waals surface area contributed by atoms with E-state index in [1.165, 1.54) is 12.0 Å². The van der Waals surface area contributed by atoms with Gasteiger partial charge in [-0.3, -0.25) is 4.90 Å². The summed E-state index contributed by atoms with van der Waals surface area (Å²) in [5.74, 6) is 0.811. The average Bonchev–Trinajstić information content (AvgIpc) is 2.96. The lowest BCUT2D eigenvalue weighted by molar-refractivity contribution is 0.199. The molecule has 1 unspecified atom stereocenters. The van der Waals surface area contributed by atoms with Crippen LogP contribution in [0.5, 0.6) is 11.5 Å². The zero-order valence-corrected chi connectivity index (χ0v) is 12.6. The molecule has 1 atom stereocenters. The number of rotatable bonds is 7. The van der Waals surface area contributed by atoms with Gasteiger partial charge >= 0.3 is 0 Å². The van der Waals surface area contributed by atoms with Crippen LogP contribution in [0, 0.1) is 0 Å². The summed E-state index contributed by atoms with van der Waals surface area (Å²) in [6, 6.07) is 6.31. The van der Waals surface area contributed by atoms with Crippen molar-refractivity contribution in [2.75, 3.05) is 26.2 Å². The first-order valence-electron chi connectivity index (χ1n) is 7.64. The predicted molar refractivity (Wildman–Crippen MR) is 81.3 cm³/mol. The highest BCUT2D eigenvalue weighted by atomic mass is 16.5. The van der Waals surface area contributed by atoms with Crippen LogP contribution < -0.4 is 10.1 Å². The third kappa shape index (κ3) is 3.87. The van der Waals surface area contributed by atoms with Crippen LogP contribution in [0.25, 0.3) is 0 Å². The van der Waals surface area contributed by atoms with Gasteiger partial charge in [-0.15, -0.1) is 0 Å². The normalized spacial score (nSPS) is 18.6. The quantitative estimate of drug-likeness (QED) is 0.804. The lowest BCUT2D eigenvalue weighted by atomic mass is 10.1. The number of benzene rings is 1. The zero-order chi connectivity index (χ0) is 14.4. The van der Waals surface area contributed by atoms with Gasteiger partial charge in [0, 0.05) is 19.1 Å². The molecule has 2 N–H and O–H groups in total. The van der Waals surface area contributed by atoms with Crippen molar-refractivity contribution in [3.63, 3.8) is 0 Å². The van der Waals surface area contributed by atoms with Gasteiger partial charge in [0.25, 0.3) is 0 Å². The van der Waals surface area contributed by atoms with E-state index in [1.807, 2.05) is 19.1 Å². The lowest BCUT2D eigenvalue weighted by Gasteiger charge is -2.28. The number of hydrogen-bond donors (Lipinski definition) is 2. The molecule has 1 aliphatic rings. The lowest BCUT2D eigenvalue weighted by Crippen LogP contribution is -2.36. The molecule has 0 spiro atoms. The summed E-state index contributed by atoms with van der Waals surface area (Å²) in [4.78, 5) is 2.53. The maximum atomic E-state index is 9.77. The second kappa shape index (κ2) is 7.50. The molecular formula is C16H26N2O2. The second-order valence-electron chi connectivity index (χ2n) is 5.35. The van der Waals surface area contributed by atoms with Gasteiger partial charge in [-0.05, 0) is 50.6 Å². The number of nitrogens with one attached hydrogen (secondary N) is 1. The minimum absolute atomic E-state index is 0.222. The Morgan fingerprint density at radius 3 is 2.90 bits per heavy atom. The highest BCUT2D eigenvalue weighted by molar-refractivity contribution is 5.41. The van der Waals surface area contributed by atoms with Crippen LogP contribution >= 0.6 is 0 Å². The Morgan fingerprint density at radius 2 is 2.25 bits per heavy atom. The molecule has 2 rings (SSSR count). The molecule has 1 fully saturated rings. The third-order valence-electron chi connectivity index (χ3n) is 3.77. The van der Waals surface area contributed by atoms with E-state index in [-0.39, 0.29) is 5.75 Å². The first-order chi connectivity index (χ1) is 9.74. The minimum Gasteiger partial charge on any atom is -0.504 e. The van der Waals surface area contributed by atoms with Crippen molar-refractivity contribution >= 4 is 0 Å². The standard InChI is InChI=1S/C16H26N2O2/c1-3-9-18(14-7-8-17-11-14)12-13-5-6-15(19)16(10-13)20-4-2/h5-6,10,14,17,19H,3-4,7-9,11-12H2,1-2H3. The summed E-state index contributed by atoms with van der Waals surface area (Å²) >= 11 is 0. The van der Waals surface area contributed by atoms with E-state index in [1.54, 1.807) is 6.07 Å². The molecule has 4 heteroatoms. The number of ether oxygens (including phenoxy) is 1. The third-order valence-corrected chi connectivity index (χ3v) is 3.77. The summed E-state index contributed by atoms with van der Waals surface area (Å²) in [6.45, 7) is 8.94.